The molecule has 0 amide bonds. The number of nitrogens with zero attached hydrogens (tertiary/aromatic N) is 4. The van der Waals surface area contributed by atoms with Gasteiger partial charge in [0.1, 0.15) is 0 Å². The molecule has 0 radical (unpaired) electrons. The van der Waals surface area contributed by atoms with Crippen LogP contribution in [0.15, 0.2) is 18.3 Å². The Hall–Kier alpha value is -2.12. The van der Waals surface area contributed by atoms with Crippen molar-refractivity contribution in [3.63, 3.8) is 0 Å². The highest BCUT2D eigenvalue weighted by atomic mass is 19.4. The molecule has 2 N–H and O–H groups in total. The number of alkyl halides is 3. The summed E-state index contributed by atoms with van der Waals surface area (Å²) in [5.74, 6) is 0.859. The van der Waals surface area contributed by atoms with Crippen LogP contribution in [0.25, 0.3) is 5.82 Å². The van der Waals surface area contributed by atoms with Gasteiger partial charge in [0, 0.05) is 12.6 Å². The highest BCUT2D eigenvalue weighted by Gasteiger charge is 2.30. The van der Waals surface area contributed by atoms with Crippen LogP contribution >= 0.6 is 0 Å². The van der Waals surface area contributed by atoms with Crippen molar-refractivity contribution in [2.24, 2.45) is 0 Å². The Morgan fingerprint density at radius 3 is 2.58 bits per heavy atom. The van der Waals surface area contributed by atoms with E-state index < -0.39 is 11.7 Å². The van der Waals surface area contributed by atoms with Crippen LogP contribution in [-0.2, 0) is 12.6 Å². The van der Waals surface area contributed by atoms with Gasteiger partial charge in [-0.3, -0.25) is 0 Å². The van der Waals surface area contributed by atoms with Crippen LogP contribution in [0, 0.1) is 0 Å². The van der Waals surface area contributed by atoms with E-state index in [9.17, 15) is 13.2 Å². The number of nitrogen functional groups attached to an aromatic ring is 1. The highest BCUT2D eigenvalue weighted by molar-refractivity contribution is 5.33. The lowest BCUT2D eigenvalue weighted by Gasteiger charge is -2.06. The molecular formula is C11H12F3N5. The van der Waals surface area contributed by atoms with Crippen molar-refractivity contribution in [3.8, 4) is 5.82 Å². The number of rotatable bonds is 3. The lowest BCUT2D eigenvalue weighted by molar-refractivity contribution is -0.137. The lowest BCUT2D eigenvalue weighted by Crippen LogP contribution is -2.08. The number of nitrogens with two attached hydrogens (primary N) is 1. The summed E-state index contributed by atoms with van der Waals surface area (Å²) in [6.07, 6.45) is -2.16. The third kappa shape index (κ3) is 2.83. The summed E-state index contributed by atoms with van der Waals surface area (Å²) in [6.45, 7) is 1.97. The molecule has 0 unspecified atom stereocenters. The van der Waals surface area contributed by atoms with E-state index in [0.717, 1.165) is 18.7 Å². The van der Waals surface area contributed by atoms with E-state index in [1.54, 1.807) is 0 Å². The predicted octanol–water partition coefficient (Wildman–Crippen LogP) is 2.22. The molecule has 2 aromatic rings. The quantitative estimate of drug-likeness (QED) is 0.929. The van der Waals surface area contributed by atoms with Crippen molar-refractivity contribution in [1.82, 2.24) is 19.7 Å². The van der Waals surface area contributed by atoms with Crippen LogP contribution in [-0.4, -0.2) is 19.7 Å². The smallest absolute Gasteiger partial charge is 0.368 e. The maximum absolute atomic E-state index is 12.4. The molecule has 0 aliphatic heterocycles. The Morgan fingerprint density at radius 1 is 1.32 bits per heavy atom. The van der Waals surface area contributed by atoms with Gasteiger partial charge in [0.15, 0.2) is 11.6 Å². The van der Waals surface area contributed by atoms with E-state index in [0.29, 0.717) is 12.2 Å². The second-order valence-electron chi connectivity index (χ2n) is 3.95. The Morgan fingerprint density at radius 2 is 2.05 bits per heavy atom. The fraction of sp³-hybridized carbons (Fsp3) is 0.364. The first-order valence-corrected chi connectivity index (χ1v) is 5.67. The maximum Gasteiger partial charge on any atom is 0.417 e. The van der Waals surface area contributed by atoms with Gasteiger partial charge in [-0.15, -0.1) is 5.10 Å². The summed E-state index contributed by atoms with van der Waals surface area (Å²) in [5, 5.41) is 4.10. The minimum Gasteiger partial charge on any atom is -0.368 e. The van der Waals surface area contributed by atoms with Gasteiger partial charge >= 0.3 is 6.18 Å². The third-order valence-electron chi connectivity index (χ3n) is 2.44. The van der Waals surface area contributed by atoms with Crippen LogP contribution in [0.3, 0.4) is 0 Å². The average Bonchev–Trinajstić information content (AvgIpc) is 2.70. The number of halogens is 3. The molecule has 0 aromatic carbocycles. The first-order valence-electron chi connectivity index (χ1n) is 5.67. The van der Waals surface area contributed by atoms with E-state index >= 15 is 0 Å². The number of aromatic nitrogens is 4. The summed E-state index contributed by atoms with van der Waals surface area (Å²) in [7, 11) is 0. The number of pyridine rings is 1. The molecule has 5 nitrogen and oxygen atoms in total. The van der Waals surface area contributed by atoms with E-state index in [-0.39, 0.29) is 11.8 Å². The summed E-state index contributed by atoms with van der Waals surface area (Å²) >= 11 is 0. The second-order valence-corrected chi connectivity index (χ2v) is 3.95. The van der Waals surface area contributed by atoms with Gasteiger partial charge in [-0.05, 0) is 18.6 Å². The number of hydrogen-bond donors (Lipinski definition) is 1. The fourth-order valence-corrected chi connectivity index (χ4v) is 1.55. The minimum atomic E-state index is -4.41. The molecule has 0 fully saturated rings. The highest BCUT2D eigenvalue weighted by Crippen LogP contribution is 2.28. The second kappa shape index (κ2) is 4.87. The number of anilines is 1. The summed E-state index contributed by atoms with van der Waals surface area (Å²) < 4.78 is 38.4. The van der Waals surface area contributed by atoms with Crippen molar-refractivity contribution in [2.75, 3.05) is 5.73 Å². The zero-order valence-electron chi connectivity index (χ0n) is 10.1. The molecule has 102 valence electrons. The Kier molecular flexibility index (Phi) is 3.41. The largest absolute Gasteiger partial charge is 0.417 e. The monoisotopic (exact) mass is 271 g/mol. The molecule has 8 heteroatoms. The SMILES string of the molecule is CCCc1nc(N)n(-c2ccc(C(F)(F)F)cn2)n1. The Labute approximate surface area is 107 Å². The summed E-state index contributed by atoms with van der Waals surface area (Å²) in [4.78, 5) is 7.73. The van der Waals surface area contributed by atoms with Crippen molar-refractivity contribution in [2.45, 2.75) is 25.9 Å². The van der Waals surface area contributed by atoms with Gasteiger partial charge in [0.2, 0.25) is 5.95 Å². The van der Waals surface area contributed by atoms with Crippen LogP contribution in [0.1, 0.15) is 24.7 Å². The first-order chi connectivity index (χ1) is 8.91. The molecular weight excluding hydrogens is 259 g/mol. The van der Waals surface area contributed by atoms with Crippen molar-refractivity contribution in [3.05, 3.63) is 29.7 Å². The average molecular weight is 271 g/mol. The Balaban J connectivity index is 2.32. The molecule has 0 bridgehead atoms. The van der Waals surface area contributed by atoms with Crippen molar-refractivity contribution in [1.29, 1.82) is 0 Å². The molecule has 0 aliphatic rings. The summed E-state index contributed by atoms with van der Waals surface area (Å²) in [6, 6.07) is 2.15. The normalized spacial score (nSPS) is 11.8. The molecule has 2 heterocycles. The molecule has 19 heavy (non-hydrogen) atoms. The predicted molar refractivity (Wildman–Crippen MR) is 62.6 cm³/mol. The molecule has 0 spiro atoms. The number of hydrogen-bond acceptors (Lipinski definition) is 4. The van der Waals surface area contributed by atoms with Gasteiger partial charge < -0.3 is 5.73 Å². The van der Waals surface area contributed by atoms with Crippen LogP contribution in [0.5, 0.6) is 0 Å². The van der Waals surface area contributed by atoms with E-state index in [2.05, 4.69) is 15.1 Å². The van der Waals surface area contributed by atoms with Gasteiger partial charge in [0.25, 0.3) is 0 Å². The molecule has 0 saturated heterocycles. The molecule has 0 atom stereocenters. The van der Waals surface area contributed by atoms with E-state index in [4.69, 9.17) is 5.73 Å². The maximum atomic E-state index is 12.4. The van der Waals surface area contributed by atoms with Crippen molar-refractivity contribution < 1.29 is 13.2 Å². The van der Waals surface area contributed by atoms with Crippen molar-refractivity contribution >= 4 is 5.95 Å². The zero-order valence-corrected chi connectivity index (χ0v) is 10.1. The summed E-state index contributed by atoms with van der Waals surface area (Å²) in [5.41, 5.74) is 4.84. The standard InChI is InChI=1S/C11H12F3N5/c1-2-3-8-17-10(15)19(18-8)9-5-4-7(6-16-9)11(12,13)14/h4-6H,2-3H2,1H3,(H2,15,17,18). The van der Waals surface area contributed by atoms with E-state index in [1.807, 2.05) is 6.92 Å². The van der Waals surface area contributed by atoms with Crippen LogP contribution < -0.4 is 5.73 Å². The van der Waals surface area contributed by atoms with Gasteiger partial charge in [-0.2, -0.15) is 22.8 Å². The van der Waals surface area contributed by atoms with Gasteiger partial charge in [0.05, 0.1) is 5.56 Å². The molecule has 0 aliphatic carbocycles. The van der Waals surface area contributed by atoms with Gasteiger partial charge in [-0.1, -0.05) is 6.92 Å². The Bertz CT molecular complexity index is 559. The van der Waals surface area contributed by atoms with Crippen LogP contribution in [0.2, 0.25) is 0 Å². The van der Waals surface area contributed by atoms with Crippen LogP contribution in [0.4, 0.5) is 19.1 Å². The minimum absolute atomic E-state index is 0.107. The number of aryl methyl sites for hydroxylation is 1. The third-order valence-corrected chi connectivity index (χ3v) is 2.44. The lowest BCUT2D eigenvalue weighted by atomic mass is 10.3. The zero-order chi connectivity index (χ0) is 14.0. The fourth-order valence-electron chi connectivity index (χ4n) is 1.55. The molecule has 2 aromatic heterocycles. The van der Waals surface area contributed by atoms with E-state index in [1.165, 1.54) is 10.7 Å². The topological polar surface area (TPSA) is 69.6 Å². The molecule has 2 rings (SSSR count). The molecule has 0 saturated carbocycles. The van der Waals surface area contributed by atoms with Gasteiger partial charge in [-0.25, -0.2) is 4.98 Å². The first kappa shape index (κ1) is 13.3.